The largest absolute Gasteiger partial charge is 0.490 e. The molecule has 0 saturated carbocycles. The van der Waals surface area contributed by atoms with Crippen molar-refractivity contribution in [3.05, 3.63) is 89.7 Å². The molecule has 0 amide bonds. The Hall–Kier alpha value is -3.38. The van der Waals surface area contributed by atoms with E-state index in [0.29, 0.717) is 37.7 Å². The molecular weight excluding hydrogens is 428 g/mol. The standard InChI is InChI=1S/C28H32N2O4/c1-2-33-27-17-22(13-14-26(27)34-20-21-9-4-3-5-10-21)25(18-24-12-6-7-15-29-24)30-16-8-11-23(19-30)28(31)32/h3-7,9-10,12-15,17,23,25H,2,8,11,16,18-20H2,1H3,(H,31,32). The summed E-state index contributed by atoms with van der Waals surface area (Å²) in [4.78, 5) is 18.5. The van der Waals surface area contributed by atoms with Crippen LogP contribution in [0.3, 0.4) is 0 Å². The average Bonchev–Trinajstić information content (AvgIpc) is 2.88. The summed E-state index contributed by atoms with van der Waals surface area (Å²) in [6.07, 6.45) is 4.09. The summed E-state index contributed by atoms with van der Waals surface area (Å²) >= 11 is 0. The second kappa shape index (κ2) is 11.7. The highest BCUT2D eigenvalue weighted by molar-refractivity contribution is 5.70. The maximum absolute atomic E-state index is 11.7. The Labute approximate surface area is 201 Å². The Morgan fingerprint density at radius 3 is 2.65 bits per heavy atom. The minimum Gasteiger partial charge on any atom is -0.490 e. The molecule has 0 spiro atoms. The SMILES string of the molecule is CCOc1cc(C(Cc2ccccn2)N2CCCC(C(=O)O)C2)ccc1OCc1ccccc1. The predicted molar refractivity (Wildman–Crippen MR) is 131 cm³/mol. The van der Waals surface area contributed by atoms with Gasteiger partial charge in [-0.2, -0.15) is 0 Å². The van der Waals surface area contributed by atoms with Gasteiger partial charge >= 0.3 is 5.97 Å². The highest BCUT2D eigenvalue weighted by atomic mass is 16.5. The molecule has 2 aromatic carbocycles. The van der Waals surface area contributed by atoms with Crippen molar-refractivity contribution in [3.8, 4) is 11.5 Å². The van der Waals surface area contributed by atoms with Crippen molar-refractivity contribution in [2.45, 2.75) is 38.8 Å². The zero-order valence-corrected chi connectivity index (χ0v) is 19.6. The molecule has 1 fully saturated rings. The number of aliphatic carboxylic acids is 1. The van der Waals surface area contributed by atoms with E-state index >= 15 is 0 Å². The number of hydrogen-bond acceptors (Lipinski definition) is 5. The molecule has 2 heterocycles. The van der Waals surface area contributed by atoms with Crippen LogP contribution in [-0.4, -0.2) is 40.7 Å². The van der Waals surface area contributed by atoms with E-state index in [4.69, 9.17) is 9.47 Å². The van der Waals surface area contributed by atoms with Gasteiger partial charge < -0.3 is 14.6 Å². The quantitative estimate of drug-likeness (QED) is 0.452. The van der Waals surface area contributed by atoms with Gasteiger partial charge in [0.05, 0.1) is 12.5 Å². The van der Waals surface area contributed by atoms with Crippen LogP contribution >= 0.6 is 0 Å². The van der Waals surface area contributed by atoms with Crippen molar-refractivity contribution >= 4 is 5.97 Å². The number of ether oxygens (including phenoxy) is 2. The molecule has 0 radical (unpaired) electrons. The summed E-state index contributed by atoms with van der Waals surface area (Å²) in [5.41, 5.74) is 3.15. The number of rotatable bonds is 10. The van der Waals surface area contributed by atoms with E-state index in [1.54, 1.807) is 6.20 Å². The topological polar surface area (TPSA) is 71.9 Å². The van der Waals surface area contributed by atoms with Crippen LogP contribution in [0.15, 0.2) is 72.9 Å². The predicted octanol–water partition coefficient (Wildman–Crippen LogP) is 5.14. The van der Waals surface area contributed by atoms with Gasteiger partial charge in [0, 0.05) is 30.9 Å². The fourth-order valence-corrected chi connectivity index (χ4v) is 4.52. The number of carbonyl (C=O) groups is 1. The number of benzene rings is 2. The molecule has 2 unspecified atom stereocenters. The summed E-state index contributed by atoms with van der Waals surface area (Å²) in [5, 5.41) is 9.63. The Morgan fingerprint density at radius 2 is 1.91 bits per heavy atom. The smallest absolute Gasteiger partial charge is 0.307 e. The lowest BCUT2D eigenvalue weighted by Gasteiger charge is -2.37. The summed E-state index contributed by atoms with van der Waals surface area (Å²) in [5.74, 6) is 0.336. The first kappa shape index (κ1) is 23.8. The third-order valence-corrected chi connectivity index (χ3v) is 6.26. The van der Waals surface area contributed by atoms with Gasteiger partial charge in [0.2, 0.25) is 0 Å². The van der Waals surface area contributed by atoms with E-state index in [0.717, 1.165) is 36.2 Å². The van der Waals surface area contributed by atoms with Crippen LogP contribution < -0.4 is 9.47 Å². The normalized spacial score (nSPS) is 17.1. The van der Waals surface area contributed by atoms with Gasteiger partial charge in [-0.25, -0.2) is 0 Å². The lowest BCUT2D eigenvalue weighted by Crippen LogP contribution is -2.41. The molecule has 2 atom stereocenters. The van der Waals surface area contributed by atoms with Crippen molar-refractivity contribution in [1.29, 1.82) is 0 Å². The maximum atomic E-state index is 11.7. The Bertz CT molecular complexity index is 1060. The molecular formula is C28H32N2O4. The first-order valence-electron chi connectivity index (χ1n) is 11.9. The zero-order valence-electron chi connectivity index (χ0n) is 19.6. The number of aromatic nitrogens is 1. The third kappa shape index (κ3) is 6.14. The number of pyridine rings is 1. The number of carboxylic acid groups (broad SMARTS) is 1. The van der Waals surface area contributed by atoms with Crippen LogP contribution in [0.2, 0.25) is 0 Å². The Kier molecular flexibility index (Phi) is 8.15. The van der Waals surface area contributed by atoms with E-state index in [9.17, 15) is 9.90 Å². The van der Waals surface area contributed by atoms with Crippen molar-refractivity contribution < 1.29 is 19.4 Å². The zero-order chi connectivity index (χ0) is 23.8. The second-order valence-corrected chi connectivity index (χ2v) is 8.63. The van der Waals surface area contributed by atoms with Crippen LogP contribution in [0.4, 0.5) is 0 Å². The van der Waals surface area contributed by atoms with E-state index in [1.807, 2.05) is 67.6 Å². The van der Waals surface area contributed by atoms with Crippen LogP contribution in [0.5, 0.6) is 11.5 Å². The van der Waals surface area contributed by atoms with Crippen molar-refractivity contribution in [3.63, 3.8) is 0 Å². The molecule has 1 N–H and O–H groups in total. The van der Waals surface area contributed by atoms with Crippen LogP contribution in [-0.2, 0) is 17.8 Å². The highest BCUT2D eigenvalue weighted by Crippen LogP contribution is 2.36. The number of hydrogen-bond donors (Lipinski definition) is 1. The fourth-order valence-electron chi connectivity index (χ4n) is 4.52. The molecule has 6 heteroatoms. The van der Waals surface area contributed by atoms with E-state index in [-0.39, 0.29) is 12.0 Å². The van der Waals surface area contributed by atoms with Crippen LogP contribution in [0, 0.1) is 5.92 Å². The second-order valence-electron chi connectivity index (χ2n) is 8.63. The monoisotopic (exact) mass is 460 g/mol. The minimum absolute atomic E-state index is 0.000528. The van der Waals surface area contributed by atoms with E-state index in [2.05, 4.69) is 16.0 Å². The molecule has 6 nitrogen and oxygen atoms in total. The number of piperidine rings is 1. The molecule has 34 heavy (non-hydrogen) atoms. The highest BCUT2D eigenvalue weighted by Gasteiger charge is 2.31. The van der Waals surface area contributed by atoms with Gasteiger partial charge in [-0.1, -0.05) is 42.5 Å². The molecule has 1 aliphatic rings. The first-order chi connectivity index (χ1) is 16.6. The molecule has 0 aliphatic carbocycles. The molecule has 3 aromatic rings. The van der Waals surface area contributed by atoms with Crippen LogP contribution in [0.25, 0.3) is 0 Å². The lowest BCUT2D eigenvalue weighted by molar-refractivity contribution is -0.144. The molecule has 0 bridgehead atoms. The van der Waals surface area contributed by atoms with Gasteiger partial charge in [-0.15, -0.1) is 0 Å². The van der Waals surface area contributed by atoms with E-state index < -0.39 is 5.97 Å². The summed E-state index contributed by atoms with van der Waals surface area (Å²) in [6, 6.07) is 22.0. The Balaban J connectivity index is 1.61. The first-order valence-corrected chi connectivity index (χ1v) is 11.9. The van der Waals surface area contributed by atoms with Gasteiger partial charge in [-0.3, -0.25) is 14.7 Å². The summed E-state index contributed by atoms with van der Waals surface area (Å²) in [6.45, 7) is 4.34. The van der Waals surface area contributed by atoms with Crippen molar-refractivity contribution in [2.75, 3.05) is 19.7 Å². The van der Waals surface area contributed by atoms with Crippen molar-refractivity contribution in [2.24, 2.45) is 5.92 Å². The fraction of sp³-hybridized carbons (Fsp3) is 0.357. The Morgan fingerprint density at radius 1 is 1.09 bits per heavy atom. The van der Waals surface area contributed by atoms with Gasteiger partial charge in [0.15, 0.2) is 11.5 Å². The van der Waals surface area contributed by atoms with Gasteiger partial charge in [0.25, 0.3) is 0 Å². The maximum Gasteiger partial charge on any atom is 0.307 e. The van der Waals surface area contributed by atoms with Crippen LogP contribution in [0.1, 0.15) is 42.6 Å². The number of nitrogens with zero attached hydrogens (tertiary/aromatic N) is 2. The molecule has 1 saturated heterocycles. The lowest BCUT2D eigenvalue weighted by atomic mass is 9.92. The van der Waals surface area contributed by atoms with Gasteiger partial charge in [0.1, 0.15) is 6.61 Å². The molecule has 1 aliphatic heterocycles. The van der Waals surface area contributed by atoms with Crippen molar-refractivity contribution in [1.82, 2.24) is 9.88 Å². The minimum atomic E-state index is -0.721. The number of carboxylic acids is 1. The summed E-state index contributed by atoms with van der Waals surface area (Å²) in [7, 11) is 0. The third-order valence-electron chi connectivity index (χ3n) is 6.26. The molecule has 1 aromatic heterocycles. The summed E-state index contributed by atoms with van der Waals surface area (Å²) < 4.78 is 12.1. The molecule has 178 valence electrons. The van der Waals surface area contributed by atoms with Gasteiger partial charge in [-0.05, 0) is 61.7 Å². The average molecular weight is 461 g/mol. The van der Waals surface area contributed by atoms with E-state index in [1.165, 1.54) is 0 Å². The number of likely N-dealkylation sites (tertiary alicyclic amines) is 1. The molecule has 4 rings (SSSR count).